The first kappa shape index (κ1) is 20.9. The van der Waals surface area contributed by atoms with Crippen molar-refractivity contribution in [3.05, 3.63) is 12.7 Å². The van der Waals surface area contributed by atoms with Gasteiger partial charge in [0.1, 0.15) is 24.6 Å². The molecule has 0 amide bonds. The molecule has 0 bridgehead atoms. The second-order valence-corrected chi connectivity index (χ2v) is 7.11. The first-order valence-electron chi connectivity index (χ1n) is 9.78. The molecule has 3 rings (SSSR count). The SMILES string of the molecule is CCC(O)CCCCCNc1ncnc2c1ncn2[C@@H]1O[C@H](CO)[C@@H](O)[C@H]1O. The molecule has 2 aromatic rings. The number of rotatable bonds is 10. The van der Waals surface area contributed by atoms with Crippen molar-refractivity contribution in [3.8, 4) is 0 Å². The Balaban J connectivity index is 1.62. The zero-order valence-corrected chi connectivity index (χ0v) is 16.0. The molecule has 156 valence electrons. The summed E-state index contributed by atoms with van der Waals surface area (Å²) in [5.41, 5.74) is 1.01. The third-order valence-electron chi connectivity index (χ3n) is 5.13. The smallest absolute Gasteiger partial charge is 0.167 e. The number of aromatic nitrogens is 4. The van der Waals surface area contributed by atoms with E-state index < -0.39 is 31.1 Å². The Hall–Kier alpha value is -1.85. The summed E-state index contributed by atoms with van der Waals surface area (Å²) in [7, 11) is 0. The summed E-state index contributed by atoms with van der Waals surface area (Å²) in [4.78, 5) is 12.8. The largest absolute Gasteiger partial charge is 0.394 e. The minimum Gasteiger partial charge on any atom is -0.394 e. The van der Waals surface area contributed by atoms with Crippen LogP contribution in [0.25, 0.3) is 11.2 Å². The Morgan fingerprint density at radius 3 is 2.71 bits per heavy atom. The second kappa shape index (κ2) is 9.57. The summed E-state index contributed by atoms with van der Waals surface area (Å²) in [6, 6.07) is 0. The zero-order chi connectivity index (χ0) is 20.1. The van der Waals surface area contributed by atoms with Gasteiger partial charge < -0.3 is 30.5 Å². The number of aliphatic hydroxyl groups excluding tert-OH is 4. The molecule has 5 N–H and O–H groups in total. The Bertz CT molecular complexity index is 757. The fourth-order valence-electron chi connectivity index (χ4n) is 3.37. The predicted molar refractivity (Wildman–Crippen MR) is 102 cm³/mol. The molecular formula is C18H29N5O5. The van der Waals surface area contributed by atoms with Crippen LogP contribution in [0.5, 0.6) is 0 Å². The molecule has 0 saturated carbocycles. The Morgan fingerprint density at radius 2 is 2.00 bits per heavy atom. The van der Waals surface area contributed by atoms with Gasteiger partial charge in [-0.15, -0.1) is 0 Å². The number of imidazole rings is 1. The van der Waals surface area contributed by atoms with Crippen molar-refractivity contribution in [3.63, 3.8) is 0 Å². The van der Waals surface area contributed by atoms with Gasteiger partial charge in [0.05, 0.1) is 19.0 Å². The van der Waals surface area contributed by atoms with Gasteiger partial charge in [0.2, 0.25) is 0 Å². The number of anilines is 1. The van der Waals surface area contributed by atoms with Crippen LogP contribution in [0.15, 0.2) is 12.7 Å². The molecule has 0 aromatic carbocycles. The first-order valence-corrected chi connectivity index (χ1v) is 9.78. The highest BCUT2D eigenvalue weighted by Crippen LogP contribution is 2.32. The van der Waals surface area contributed by atoms with Crippen LogP contribution in [-0.4, -0.2) is 77.5 Å². The zero-order valence-electron chi connectivity index (χ0n) is 16.0. The van der Waals surface area contributed by atoms with E-state index >= 15 is 0 Å². The lowest BCUT2D eigenvalue weighted by molar-refractivity contribution is -0.0511. The number of aliphatic hydroxyl groups is 4. The van der Waals surface area contributed by atoms with E-state index in [0.29, 0.717) is 17.0 Å². The monoisotopic (exact) mass is 395 g/mol. The molecule has 28 heavy (non-hydrogen) atoms. The number of nitrogens with one attached hydrogen (secondary N) is 1. The maximum atomic E-state index is 10.2. The lowest BCUT2D eigenvalue weighted by atomic mass is 10.1. The van der Waals surface area contributed by atoms with E-state index in [9.17, 15) is 20.4 Å². The van der Waals surface area contributed by atoms with Crippen LogP contribution in [0.3, 0.4) is 0 Å². The molecule has 0 spiro atoms. The standard InChI is InChI=1S/C18H29N5O5/c1-2-11(25)6-4-3-5-7-19-16-13-17(21-9-20-16)23(10-22-13)18-15(27)14(26)12(8-24)28-18/h9-12,14-15,18,24-27H,2-8H2,1H3,(H,19,20,21)/t11?,12-,14-,15-,18-/m1/s1. The summed E-state index contributed by atoms with van der Waals surface area (Å²) in [5.74, 6) is 0.587. The van der Waals surface area contributed by atoms with Crippen LogP contribution in [0, 0.1) is 0 Å². The van der Waals surface area contributed by atoms with Gasteiger partial charge >= 0.3 is 0 Å². The van der Waals surface area contributed by atoms with E-state index in [4.69, 9.17) is 4.74 Å². The van der Waals surface area contributed by atoms with Gasteiger partial charge in [-0.05, 0) is 19.3 Å². The summed E-state index contributed by atoms with van der Waals surface area (Å²) in [6.45, 7) is 2.31. The first-order chi connectivity index (χ1) is 13.6. The molecule has 10 nitrogen and oxygen atoms in total. The van der Waals surface area contributed by atoms with Crippen LogP contribution >= 0.6 is 0 Å². The highest BCUT2D eigenvalue weighted by molar-refractivity contribution is 5.82. The average molecular weight is 395 g/mol. The molecule has 1 aliphatic heterocycles. The average Bonchev–Trinajstić information content (AvgIpc) is 3.26. The van der Waals surface area contributed by atoms with Crippen molar-refractivity contribution in [1.82, 2.24) is 19.5 Å². The highest BCUT2D eigenvalue weighted by Gasteiger charge is 2.44. The van der Waals surface area contributed by atoms with Crippen molar-refractivity contribution in [1.29, 1.82) is 0 Å². The Labute approximate surface area is 163 Å². The van der Waals surface area contributed by atoms with Crippen LogP contribution in [0.1, 0.15) is 45.3 Å². The summed E-state index contributed by atoms with van der Waals surface area (Å²) < 4.78 is 7.09. The normalized spacial score (nSPS) is 26.0. The molecule has 1 saturated heterocycles. The van der Waals surface area contributed by atoms with E-state index in [1.165, 1.54) is 17.2 Å². The molecule has 1 unspecified atom stereocenters. The van der Waals surface area contributed by atoms with E-state index in [-0.39, 0.29) is 6.10 Å². The molecule has 10 heteroatoms. The summed E-state index contributed by atoms with van der Waals surface area (Å²) >= 11 is 0. The number of nitrogens with zero attached hydrogens (tertiary/aromatic N) is 4. The van der Waals surface area contributed by atoms with E-state index in [2.05, 4.69) is 20.3 Å². The minimum absolute atomic E-state index is 0.212. The highest BCUT2D eigenvalue weighted by atomic mass is 16.6. The van der Waals surface area contributed by atoms with Crippen LogP contribution in [0.2, 0.25) is 0 Å². The van der Waals surface area contributed by atoms with Crippen LogP contribution in [0.4, 0.5) is 5.82 Å². The van der Waals surface area contributed by atoms with Crippen molar-refractivity contribution in [2.24, 2.45) is 0 Å². The fourth-order valence-corrected chi connectivity index (χ4v) is 3.37. The van der Waals surface area contributed by atoms with Crippen LogP contribution < -0.4 is 5.32 Å². The van der Waals surface area contributed by atoms with Crippen LogP contribution in [-0.2, 0) is 4.74 Å². The third kappa shape index (κ3) is 4.41. The molecule has 3 heterocycles. The van der Waals surface area contributed by atoms with Gasteiger partial charge in [-0.2, -0.15) is 0 Å². The number of fused-ring (bicyclic) bond motifs is 1. The van der Waals surface area contributed by atoms with Gasteiger partial charge in [-0.25, -0.2) is 15.0 Å². The summed E-state index contributed by atoms with van der Waals surface area (Å²) in [5, 5.41) is 42.3. The second-order valence-electron chi connectivity index (χ2n) is 7.11. The molecule has 2 aromatic heterocycles. The van der Waals surface area contributed by atoms with Gasteiger partial charge in [-0.1, -0.05) is 19.8 Å². The Kier molecular flexibility index (Phi) is 7.13. The topological polar surface area (TPSA) is 146 Å². The van der Waals surface area contributed by atoms with Gasteiger partial charge in [0.25, 0.3) is 0 Å². The summed E-state index contributed by atoms with van der Waals surface area (Å²) in [6.07, 6.45) is 3.10. The molecule has 0 aliphatic carbocycles. The van der Waals surface area contributed by atoms with Crippen molar-refractivity contribution < 1.29 is 25.2 Å². The number of hydrogen-bond acceptors (Lipinski definition) is 9. The van der Waals surface area contributed by atoms with Gasteiger partial charge in [-0.3, -0.25) is 4.57 Å². The minimum atomic E-state index is -1.20. The van der Waals surface area contributed by atoms with Gasteiger partial charge in [0.15, 0.2) is 23.2 Å². The Morgan fingerprint density at radius 1 is 1.18 bits per heavy atom. The maximum Gasteiger partial charge on any atom is 0.167 e. The van der Waals surface area contributed by atoms with Crippen molar-refractivity contribution in [2.75, 3.05) is 18.5 Å². The number of hydrogen-bond donors (Lipinski definition) is 5. The van der Waals surface area contributed by atoms with Crippen molar-refractivity contribution in [2.45, 2.75) is 69.7 Å². The quantitative estimate of drug-likeness (QED) is 0.356. The lowest BCUT2D eigenvalue weighted by Gasteiger charge is -2.16. The van der Waals surface area contributed by atoms with E-state index in [0.717, 1.165) is 38.6 Å². The van der Waals surface area contributed by atoms with Gasteiger partial charge in [0, 0.05) is 6.54 Å². The molecule has 5 atom stereocenters. The maximum absolute atomic E-state index is 10.2. The van der Waals surface area contributed by atoms with Crippen molar-refractivity contribution >= 4 is 17.0 Å². The fraction of sp³-hybridized carbons (Fsp3) is 0.722. The molecule has 1 fully saturated rings. The molecule has 1 aliphatic rings. The third-order valence-corrected chi connectivity index (χ3v) is 5.13. The molecular weight excluding hydrogens is 366 g/mol. The lowest BCUT2D eigenvalue weighted by Crippen LogP contribution is -2.33. The predicted octanol–water partition coefficient (Wildman–Crippen LogP) is 0.181. The number of ether oxygens (including phenoxy) is 1. The molecule has 0 radical (unpaired) electrons. The van der Waals surface area contributed by atoms with E-state index in [1.807, 2.05) is 6.92 Å². The van der Waals surface area contributed by atoms with E-state index in [1.54, 1.807) is 0 Å². The number of unbranched alkanes of at least 4 members (excludes halogenated alkanes) is 2.